The number of nitrogens with two attached hydrogens (primary N) is 1. The van der Waals surface area contributed by atoms with E-state index in [0.29, 0.717) is 6.04 Å². The van der Waals surface area contributed by atoms with Crippen LogP contribution in [0.2, 0.25) is 0 Å². The van der Waals surface area contributed by atoms with Crippen molar-refractivity contribution in [3.8, 4) is 0 Å². The zero-order valence-electron chi connectivity index (χ0n) is 10.1. The van der Waals surface area contributed by atoms with E-state index in [2.05, 4.69) is 24.4 Å². The van der Waals surface area contributed by atoms with Crippen molar-refractivity contribution in [2.75, 3.05) is 11.1 Å². The van der Waals surface area contributed by atoms with Gasteiger partial charge < -0.3 is 11.1 Å². The van der Waals surface area contributed by atoms with Gasteiger partial charge in [-0.1, -0.05) is 26.2 Å². The summed E-state index contributed by atoms with van der Waals surface area (Å²) >= 11 is 0. The lowest BCUT2D eigenvalue weighted by Crippen LogP contribution is -2.26. The van der Waals surface area contributed by atoms with Crippen molar-refractivity contribution in [1.29, 1.82) is 0 Å². The zero-order valence-corrected chi connectivity index (χ0v) is 10.1. The van der Waals surface area contributed by atoms with E-state index in [1.807, 2.05) is 12.1 Å². The smallest absolute Gasteiger partial charge is 0.0343 e. The molecule has 0 spiro atoms. The maximum absolute atomic E-state index is 5.68. The molecular formula is C14H22N2. The first kappa shape index (κ1) is 11.3. The average Bonchev–Trinajstić information content (AvgIpc) is 2.48. The third kappa shape index (κ3) is 2.91. The molecule has 0 amide bonds. The molecule has 88 valence electrons. The van der Waals surface area contributed by atoms with Gasteiger partial charge >= 0.3 is 0 Å². The summed E-state index contributed by atoms with van der Waals surface area (Å²) in [6.07, 6.45) is 6.79. The molecule has 0 aromatic heterocycles. The van der Waals surface area contributed by atoms with Crippen molar-refractivity contribution < 1.29 is 0 Å². The van der Waals surface area contributed by atoms with Crippen molar-refractivity contribution in [1.82, 2.24) is 0 Å². The summed E-state index contributed by atoms with van der Waals surface area (Å²) < 4.78 is 0. The monoisotopic (exact) mass is 218 g/mol. The van der Waals surface area contributed by atoms with Gasteiger partial charge in [-0.15, -0.1) is 0 Å². The molecule has 0 bridgehead atoms. The standard InChI is InChI=1S/C14H22N2/c1-11-5-3-2-4-6-14(11)16-13-9-7-12(15)8-10-13/h7-11,14,16H,2-6,15H2,1H3. The molecule has 1 fully saturated rings. The predicted molar refractivity (Wildman–Crippen MR) is 70.5 cm³/mol. The Kier molecular flexibility index (Phi) is 3.70. The highest BCUT2D eigenvalue weighted by molar-refractivity contribution is 5.51. The van der Waals surface area contributed by atoms with Crippen LogP contribution >= 0.6 is 0 Å². The van der Waals surface area contributed by atoms with Gasteiger partial charge in [0.1, 0.15) is 0 Å². The minimum absolute atomic E-state index is 0.631. The minimum Gasteiger partial charge on any atom is -0.399 e. The first-order valence-corrected chi connectivity index (χ1v) is 6.38. The van der Waals surface area contributed by atoms with Crippen LogP contribution in [0.15, 0.2) is 24.3 Å². The Bertz CT molecular complexity index is 318. The van der Waals surface area contributed by atoms with Crippen molar-refractivity contribution in [2.24, 2.45) is 5.92 Å². The van der Waals surface area contributed by atoms with E-state index in [9.17, 15) is 0 Å². The molecule has 0 aliphatic heterocycles. The molecule has 0 heterocycles. The van der Waals surface area contributed by atoms with E-state index in [1.54, 1.807) is 0 Å². The van der Waals surface area contributed by atoms with E-state index in [4.69, 9.17) is 5.73 Å². The van der Waals surface area contributed by atoms with Gasteiger partial charge in [0.15, 0.2) is 0 Å². The Morgan fingerprint density at radius 3 is 2.50 bits per heavy atom. The Labute approximate surface area is 98.2 Å². The summed E-state index contributed by atoms with van der Waals surface area (Å²) in [5.74, 6) is 0.778. The molecule has 2 heteroatoms. The number of anilines is 2. The van der Waals surface area contributed by atoms with Gasteiger partial charge in [-0.2, -0.15) is 0 Å². The highest BCUT2D eigenvalue weighted by Gasteiger charge is 2.19. The Hall–Kier alpha value is -1.18. The van der Waals surface area contributed by atoms with Crippen molar-refractivity contribution in [3.63, 3.8) is 0 Å². The van der Waals surface area contributed by atoms with Crippen LogP contribution in [0.5, 0.6) is 0 Å². The van der Waals surface area contributed by atoms with Gasteiger partial charge in [0.05, 0.1) is 0 Å². The molecule has 2 nitrogen and oxygen atoms in total. The third-order valence-electron chi connectivity index (χ3n) is 3.62. The van der Waals surface area contributed by atoms with Crippen LogP contribution in [0.3, 0.4) is 0 Å². The number of nitrogens with one attached hydrogen (secondary N) is 1. The molecule has 1 aliphatic rings. The second-order valence-electron chi connectivity index (χ2n) is 4.99. The van der Waals surface area contributed by atoms with Crippen LogP contribution in [0, 0.1) is 5.92 Å². The lowest BCUT2D eigenvalue weighted by Gasteiger charge is -2.24. The number of benzene rings is 1. The summed E-state index contributed by atoms with van der Waals surface area (Å²) in [7, 11) is 0. The average molecular weight is 218 g/mol. The second kappa shape index (κ2) is 5.24. The van der Waals surface area contributed by atoms with Gasteiger partial charge in [-0.05, 0) is 43.0 Å². The Morgan fingerprint density at radius 2 is 1.75 bits per heavy atom. The topological polar surface area (TPSA) is 38.0 Å². The van der Waals surface area contributed by atoms with Crippen LogP contribution in [-0.2, 0) is 0 Å². The zero-order chi connectivity index (χ0) is 11.4. The van der Waals surface area contributed by atoms with Crippen LogP contribution in [0.1, 0.15) is 39.0 Å². The lowest BCUT2D eigenvalue weighted by atomic mass is 9.97. The first-order valence-electron chi connectivity index (χ1n) is 6.38. The largest absolute Gasteiger partial charge is 0.399 e. The first-order chi connectivity index (χ1) is 7.75. The molecule has 3 N–H and O–H groups in total. The fourth-order valence-corrected chi connectivity index (χ4v) is 2.50. The van der Waals surface area contributed by atoms with E-state index in [-0.39, 0.29) is 0 Å². The van der Waals surface area contributed by atoms with Gasteiger partial charge in [0.2, 0.25) is 0 Å². The van der Waals surface area contributed by atoms with E-state index in [0.717, 1.165) is 11.6 Å². The van der Waals surface area contributed by atoms with Gasteiger partial charge in [-0.25, -0.2) is 0 Å². The van der Waals surface area contributed by atoms with Crippen LogP contribution < -0.4 is 11.1 Å². The lowest BCUT2D eigenvalue weighted by molar-refractivity contribution is 0.457. The molecule has 1 aromatic carbocycles. The summed E-state index contributed by atoms with van der Waals surface area (Å²) in [6.45, 7) is 2.36. The Balaban J connectivity index is 1.99. The summed E-state index contributed by atoms with van der Waals surface area (Å²) in [4.78, 5) is 0. The SMILES string of the molecule is CC1CCCCCC1Nc1ccc(N)cc1. The summed E-state index contributed by atoms with van der Waals surface area (Å²) in [6, 6.07) is 8.71. The summed E-state index contributed by atoms with van der Waals surface area (Å²) in [5, 5.41) is 3.64. The van der Waals surface area contributed by atoms with Gasteiger partial charge in [0, 0.05) is 17.4 Å². The van der Waals surface area contributed by atoms with Crippen LogP contribution in [-0.4, -0.2) is 6.04 Å². The van der Waals surface area contributed by atoms with Crippen LogP contribution in [0.4, 0.5) is 11.4 Å². The van der Waals surface area contributed by atoms with E-state index in [1.165, 1.54) is 37.8 Å². The number of hydrogen-bond donors (Lipinski definition) is 2. The van der Waals surface area contributed by atoms with Crippen molar-refractivity contribution >= 4 is 11.4 Å². The molecule has 2 unspecified atom stereocenters. The maximum atomic E-state index is 5.68. The van der Waals surface area contributed by atoms with Gasteiger partial charge in [0.25, 0.3) is 0 Å². The number of rotatable bonds is 2. The van der Waals surface area contributed by atoms with E-state index >= 15 is 0 Å². The van der Waals surface area contributed by atoms with Crippen molar-refractivity contribution in [2.45, 2.75) is 45.1 Å². The van der Waals surface area contributed by atoms with Gasteiger partial charge in [-0.3, -0.25) is 0 Å². The predicted octanol–water partition coefficient (Wildman–Crippen LogP) is 3.65. The van der Waals surface area contributed by atoms with E-state index < -0.39 is 0 Å². The molecule has 2 rings (SSSR count). The molecule has 1 aromatic rings. The number of nitrogen functional groups attached to an aromatic ring is 1. The second-order valence-corrected chi connectivity index (χ2v) is 4.99. The fraction of sp³-hybridized carbons (Fsp3) is 0.571. The molecule has 0 saturated heterocycles. The summed E-state index contributed by atoms with van der Waals surface area (Å²) in [5.41, 5.74) is 7.72. The molecule has 16 heavy (non-hydrogen) atoms. The fourth-order valence-electron chi connectivity index (χ4n) is 2.50. The van der Waals surface area contributed by atoms with Crippen molar-refractivity contribution in [3.05, 3.63) is 24.3 Å². The van der Waals surface area contributed by atoms with Crippen LogP contribution in [0.25, 0.3) is 0 Å². The third-order valence-corrected chi connectivity index (χ3v) is 3.62. The highest BCUT2D eigenvalue weighted by Crippen LogP contribution is 2.26. The maximum Gasteiger partial charge on any atom is 0.0343 e. The quantitative estimate of drug-likeness (QED) is 0.587. The Morgan fingerprint density at radius 1 is 1.06 bits per heavy atom. The molecule has 1 aliphatic carbocycles. The minimum atomic E-state index is 0.631. The highest BCUT2D eigenvalue weighted by atomic mass is 14.9. The molecule has 1 saturated carbocycles. The molecular weight excluding hydrogens is 196 g/mol. The molecule has 0 radical (unpaired) electrons. The number of hydrogen-bond acceptors (Lipinski definition) is 2. The normalized spacial score (nSPS) is 26.1. The molecule has 2 atom stereocenters.